The van der Waals surface area contributed by atoms with Crippen LogP contribution in [-0.4, -0.2) is 14.8 Å². The van der Waals surface area contributed by atoms with Gasteiger partial charge < -0.3 is 5.73 Å². The molecule has 0 spiro atoms. The van der Waals surface area contributed by atoms with E-state index in [4.69, 9.17) is 5.73 Å². The Morgan fingerprint density at radius 3 is 2.61 bits per heavy atom. The molecule has 4 nitrogen and oxygen atoms in total. The largest absolute Gasteiger partial charge is 0.397 e. The van der Waals surface area contributed by atoms with Gasteiger partial charge in [-0.3, -0.25) is 4.98 Å². The van der Waals surface area contributed by atoms with E-state index < -0.39 is 0 Å². The van der Waals surface area contributed by atoms with Gasteiger partial charge in [0.15, 0.2) is 0 Å². The second-order valence-corrected chi connectivity index (χ2v) is 3.99. The van der Waals surface area contributed by atoms with Gasteiger partial charge in [-0.15, -0.1) is 0 Å². The van der Waals surface area contributed by atoms with Crippen molar-refractivity contribution >= 4 is 5.69 Å². The zero-order valence-corrected chi connectivity index (χ0v) is 9.69. The van der Waals surface area contributed by atoms with Crippen LogP contribution < -0.4 is 5.73 Å². The molecular weight excluding hydrogens is 224 g/mol. The predicted molar refractivity (Wildman–Crippen MR) is 71.2 cm³/mol. The smallest absolute Gasteiger partial charge is 0.0927 e. The fourth-order valence-electron chi connectivity index (χ4n) is 1.80. The quantitative estimate of drug-likeness (QED) is 0.743. The third kappa shape index (κ3) is 1.96. The first kappa shape index (κ1) is 10.5. The highest BCUT2D eigenvalue weighted by molar-refractivity contribution is 5.58. The van der Waals surface area contributed by atoms with Crippen molar-refractivity contribution in [3.05, 3.63) is 61.1 Å². The van der Waals surface area contributed by atoms with Gasteiger partial charge in [0.05, 0.1) is 23.3 Å². The molecule has 88 valence electrons. The zero-order valence-electron chi connectivity index (χ0n) is 9.69. The van der Waals surface area contributed by atoms with Crippen molar-refractivity contribution in [1.82, 2.24) is 14.8 Å². The number of hydrogen-bond donors (Lipinski definition) is 1. The van der Waals surface area contributed by atoms with Gasteiger partial charge in [-0.1, -0.05) is 30.3 Å². The molecule has 0 fully saturated rings. The number of nitrogen functional groups attached to an aromatic ring is 1. The topological polar surface area (TPSA) is 56.7 Å². The number of pyridine rings is 1. The molecule has 0 saturated heterocycles. The summed E-state index contributed by atoms with van der Waals surface area (Å²) in [6.07, 6.45) is 5.25. The molecule has 18 heavy (non-hydrogen) atoms. The van der Waals surface area contributed by atoms with Crippen LogP contribution >= 0.6 is 0 Å². The molecule has 2 heterocycles. The van der Waals surface area contributed by atoms with Crippen LogP contribution in [0.3, 0.4) is 0 Å². The Labute approximate surface area is 105 Å². The van der Waals surface area contributed by atoms with Crippen molar-refractivity contribution in [2.75, 3.05) is 5.73 Å². The predicted octanol–water partition coefficient (Wildman–Crippen LogP) is 2.52. The third-order valence-corrected chi connectivity index (χ3v) is 2.67. The molecule has 2 aromatic heterocycles. The van der Waals surface area contributed by atoms with Crippen molar-refractivity contribution in [2.45, 2.75) is 0 Å². The van der Waals surface area contributed by atoms with Crippen molar-refractivity contribution in [3.8, 4) is 16.9 Å². The Kier molecular flexibility index (Phi) is 2.53. The minimum atomic E-state index is 0.629. The summed E-state index contributed by atoms with van der Waals surface area (Å²) in [6.45, 7) is 0. The minimum absolute atomic E-state index is 0.629. The molecule has 0 saturated carbocycles. The van der Waals surface area contributed by atoms with Crippen molar-refractivity contribution < 1.29 is 0 Å². The fraction of sp³-hybridized carbons (Fsp3) is 0. The fourth-order valence-corrected chi connectivity index (χ4v) is 1.80. The van der Waals surface area contributed by atoms with Gasteiger partial charge in [-0.25, -0.2) is 4.68 Å². The lowest BCUT2D eigenvalue weighted by atomic mass is 10.2. The Hall–Kier alpha value is -2.62. The maximum atomic E-state index is 5.71. The summed E-state index contributed by atoms with van der Waals surface area (Å²) >= 11 is 0. The SMILES string of the molecule is Nc1cncc(-n2ccc(-c3ccccc3)n2)c1. The summed E-state index contributed by atoms with van der Waals surface area (Å²) in [6, 6.07) is 13.9. The monoisotopic (exact) mass is 236 g/mol. The number of anilines is 1. The molecule has 0 atom stereocenters. The first-order valence-electron chi connectivity index (χ1n) is 5.65. The summed E-state index contributed by atoms with van der Waals surface area (Å²) in [4.78, 5) is 4.06. The van der Waals surface area contributed by atoms with Crippen molar-refractivity contribution in [1.29, 1.82) is 0 Å². The first-order chi connectivity index (χ1) is 8.83. The summed E-state index contributed by atoms with van der Waals surface area (Å²) in [5, 5.41) is 4.51. The molecule has 0 amide bonds. The number of nitrogens with zero attached hydrogens (tertiary/aromatic N) is 3. The highest BCUT2D eigenvalue weighted by atomic mass is 15.3. The van der Waals surface area contributed by atoms with E-state index in [9.17, 15) is 0 Å². The summed E-state index contributed by atoms with van der Waals surface area (Å²) < 4.78 is 1.77. The molecule has 3 aromatic rings. The van der Waals surface area contributed by atoms with E-state index >= 15 is 0 Å². The molecule has 0 radical (unpaired) electrons. The standard InChI is InChI=1S/C14H12N4/c15-12-8-13(10-16-9-12)18-7-6-14(17-18)11-4-2-1-3-5-11/h1-10H,15H2. The van der Waals surface area contributed by atoms with Crippen LogP contribution in [0.2, 0.25) is 0 Å². The van der Waals surface area contributed by atoms with E-state index in [1.165, 1.54) is 0 Å². The van der Waals surface area contributed by atoms with Crippen LogP contribution in [0.4, 0.5) is 5.69 Å². The second kappa shape index (κ2) is 4.33. The Balaban J connectivity index is 2.00. The average Bonchev–Trinajstić information content (AvgIpc) is 2.89. The second-order valence-electron chi connectivity index (χ2n) is 3.99. The maximum Gasteiger partial charge on any atom is 0.0927 e. The molecule has 0 aliphatic rings. The molecule has 0 unspecified atom stereocenters. The Morgan fingerprint density at radius 1 is 1.00 bits per heavy atom. The number of nitrogens with two attached hydrogens (primary N) is 1. The van der Waals surface area contributed by atoms with Gasteiger partial charge in [0, 0.05) is 18.0 Å². The molecule has 2 N–H and O–H groups in total. The van der Waals surface area contributed by atoms with Crippen LogP contribution in [0.15, 0.2) is 61.1 Å². The molecule has 3 rings (SSSR count). The van der Waals surface area contributed by atoms with Crippen molar-refractivity contribution in [3.63, 3.8) is 0 Å². The van der Waals surface area contributed by atoms with Gasteiger partial charge in [0.2, 0.25) is 0 Å². The third-order valence-electron chi connectivity index (χ3n) is 2.67. The van der Waals surface area contributed by atoms with Gasteiger partial charge in [-0.2, -0.15) is 5.10 Å². The first-order valence-corrected chi connectivity index (χ1v) is 5.65. The normalized spacial score (nSPS) is 10.4. The van der Waals surface area contributed by atoms with Gasteiger partial charge in [-0.05, 0) is 12.1 Å². The molecule has 0 aliphatic carbocycles. The van der Waals surface area contributed by atoms with E-state index in [1.807, 2.05) is 48.7 Å². The highest BCUT2D eigenvalue weighted by Crippen LogP contribution is 2.18. The van der Waals surface area contributed by atoms with Crippen molar-refractivity contribution in [2.24, 2.45) is 0 Å². The van der Waals surface area contributed by atoms with E-state index in [0.29, 0.717) is 5.69 Å². The Bertz CT molecular complexity index is 658. The van der Waals surface area contributed by atoms with E-state index in [1.54, 1.807) is 17.1 Å². The van der Waals surface area contributed by atoms with Crippen LogP contribution in [0.5, 0.6) is 0 Å². The lowest BCUT2D eigenvalue weighted by Gasteiger charge is -2.01. The minimum Gasteiger partial charge on any atom is -0.397 e. The number of aromatic nitrogens is 3. The number of benzene rings is 1. The van der Waals surface area contributed by atoms with E-state index in [-0.39, 0.29) is 0 Å². The van der Waals surface area contributed by atoms with Crippen LogP contribution in [-0.2, 0) is 0 Å². The molecular formula is C14H12N4. The number of rotatable bonds is 2. The summed E-state index contributed by atoms with van der Waals surface area (Å²) in [5.41, 5.74) is 9.22. The molecule has 1 aromatic carbocycles. The highest BCUT2D eigenvalue weighted by Gasteiger charge is 2.03. The average molecular weight is 236 g/mol. The molecule has 4 heteroatoms. The lowest BCUT2D eigenvalue weighted by molar-refractivity contribution is 0.878. The lowest BCUT2D eigenvalue weighted by Crippen LogP contribution is -1.97. The number of hydrogen-bond acceptors (Lipinski definition) is 3. The van der Waals surface area contributed by atoms with Gasteiger partial charge in [0.1, 0.15) is 0 Å². The van der Waals surface area contributed by atoms with Gasteiger partial charge >= 0.3 is 0 Å². The Morgan fingerprint density at radius 2 is 1.83 bits per heavy atom. The van der Waals surface area contributed by atoms with Crippen LogP contribution in [0.1, 0.15) is 0 Å². The summed E-state index contributed by atoms with van der Waals surface area (Å²) in [5.74, 6) is 0. The van der Waals surface area contributed by atoms with Crippen LogP contribution in [0.25, 0.3) is 16.9 Å². The van der Waals surface area contributed by atoms with Gasteiger partial charge in [0.25, 0.3) is 0 Å². The summed E-state index contributed by atoms with van der Waals surface area (Å²) in [7, 11) is 0. The molecule has 0 aliphatic heterocycles. The van der Waals surface area contributed by atoms with E-state index in [2.05, 4.69) is 10.1 Å². The maximum absolute atomic E-state index is 5.71. The molecule has 0 bridgehead atoms. The zero-order chi connectivity index (χ0) is 12.4. The van der Waals surface area contributed by atoms with Crippen LogP contribution in [0, 0.1) is 0 Å². The van der Waals surface area contributed by atoms with E-state index in [0.717, 1.165) is 16.9 Å².